The van der Waals surface area contributed by atoms with Crippen LogP contribution in [0.5, 0.6) is 0 Å². The first-order chi connectivity index (χ1) is 8.15. The van der Waals surface area contributed by atoms with Crippen molar-refractivity contribution in [2.45, 2.75) is 32.8 Å². The van der Waals surface area contributed by atoms with E-state index in [1.165, 1.54) is 31.5 Å². The summed E-state index contributed by atoms with van der Waals surface area (Å²) in [5, 5.41) is 0. The lowest BCUT2D eigenvalue weighted by Gasteiger charge is -2.44. The highest BCUT2D eigenvalue weighted by molar-refractivity contribution is 5.17. The van der Waals surface area contributed by atoms with E-state index in [0.29, 0.717) is 6.10 Å². The zero-order valence-electron chi connectivity index (χ0n) is 11.0. The van der Waals surface area contributed by atoms with Crippen molar-refractivity contribution in [3.05, 3.63) is 36.1 Å². The fourth-order valence-electron chi connectivity index (χ4n) is 2.63. The molecule has 0 radical (unpaired) electrons. The zero-order valence-corrected chi connectivity index (χ0v) is 11.0. The van der Waals surface area contributed by atoms with E-state index in [1.54, 1.807) is 0 Å². The van der Waals surface area contributed by atoms with Gasteiger partial charge in [-0.3, -0.25) is 4.90 Å². The van der Waals surface area contributed by atoms with Crippen molar-refractivity contribution < 1.29 is 4.74 Å². The van der Waals surface area contributed by atoms with Gasteiger partial charge in [-0.05, 0) is 51.8 Å². The zero-order chi connectivity index (χ0) is 12.3. The molecule has 0 saturated carbocycles. The number of fused-ring (bicyclic) bond motifs is 3. The van der Waals surface area contributed by atoms with E-state index in [0.717, 1.165) is 18.2 Å². The molecule has 17 heavy (non-hydrogen) atoms. The molecule has 2 heteroatoms. The summed E-state index contributed by atoms with van der Waals surface area (Å²) in [6, 6.07) is 0. The summed E-state index contributed by atoms with van der Waals surface area (Å²) in [6.07, 6.45) is 8.99. The maximum Gasteiger partial charge on any atom is 0.114 e. The predicted molar refractivity (Wildman–Crippen MR) is 71.7 cm³/mol. The van der Waals surface area contributed by atoms with Gasteiger partial charge in [0.2, 0.25) is 0 Å². The Balaban J connectivity index is 1.83. The Morgan fingerprint density at radius 3 is 2.53 bits per heavy atom. The Kier molecular flexibility index (Phi) is 4.06. The van der Waals surface area contributed by atoms with Gasteiger partial charge in [-0.1, -0.05) is 24.3 Å². The molecule has 1 atom stereocenters. The molecule has 0 spiro atoms. The van der Waals surface area contributed by atoms with Crippen LogP contribution in [0, 0.1) is 5.92 Å². The fraction of sp³-hybridized carbons (Fsp3) is 0.600. The molecule has 0 aromatic carbocycles. The van der Waals surface area contributed by atoms with Gasteiger partial charge in [0.05, 0.1) is 0 Å². The largest absolute Gasteiger partial charge is 0.489 e. The highest BCUT2D eigenvalue weighted by Gasteiger charge is 2.35. The number of nitrogens with zero attached hydrogens (tertiary/aromatic N) is 1. The van der Waals surface area contributed by atoms with Crippen LogP contribution < -0.4 is 0 Å². The third kappa shape index (κ3) is 3.47. The summed E-state index contributed by atoms with van der Waals surface area (Å²) >= 11 is 0. The standard InChI is InChI=1S/C15H23NO/c1-12(2)5-4-6-13(3)17-15-11-16-9-7-14(15)8-10-16/h4-6,14-15H,3,7-11H2,1-2H3. The van der Waals surface area contributed by atoms with Crippen molar-refractivity contribution in [3.63, 3.8) is 0 Å². The SMILES string of the molecule is C=C(C=CC=C(C)C)OC1CN2CCC1CC2. The van der Waals surface area contributed by atoms with Crippen LogP contribution in [0.25, 0.3) is 0 Å². The number of piperidine rings is 3. The lowest BCUT2D eigenvalue weighted by Crippen LogP contribution is -2.51. The molecule has 3 aliphatic rings. The molecule has 0 aromatic heterocycles. The smallest absolute Gasteiger partial charge is 0.114 e. The number of rotatable bonds is 4. The number of ether oxygens (including phenoxy) is 1. The second kappa shape index (κ2) is 5.54. The van der Waals surface area contributed by atoms with E-state index in [-0.39, 0.29) is 0 Å². The van der Waals surface area contributed by atoms with Crippen molar-refractivity contribution >= 4 is 0 Å². The average Bonchev–Trinajstić information content (AvgIpc) is 2.30. The van der Waals surface area contributed by atoms with E-state index in [2.05, 4.69) is 31.4 Å². The van der Waals surface area contributed by atoms with Crippen LogP contribution in [0.4, 0.5) is 0 Å². The summed E-state index contributed by atoms with van der Waals surface area (Å²) in [4.78, 5) is 2.50. The Bertz CT molecular complexity index is 331. The van der Waals surface area contributed by atoms with E-state index in [9.17, 15) is 0 Å². The van der Waals surface area contributed by atoms with Gasteiger partial charge in [0, 0.05) is 6.54 Å². The molecule has 3 heterocycles. The van der Waals surface area contributed by atoms with Gasteiger partial charge in [0.25, 0.3) is 0 Å². The summed E-state index contributed by atoms with van der Waals surface area (Å²) in [6.45, 7) is 11.7. The minimum Gasteiger partial charge on any atom is -0.489 e. The van der Waals surface area contributed by atoms with Gasteiger partial charge in [-0.25, -0.2) is 0 Å². The molecule has 1 unspecified atom stereocenters. The van der Waals surface area contributed by atoms with Crippen LogP contribution in [0.2, 0.25) is 0 Å². The van der Waals surface area contributed by atoms with Crippen molar-refractivity contribution in [1.29, 1.82) is 0 Å². The first kappa shape index (κ1) is 12.4. The molecule has 0 aliphatic carbocycles. The molecule has 94 valence electrons. The van der Waals surface area contributed by atoms with Gasteiger partial charge in [-0.15, -0.1) is 0 Å². The van der Waals surface area contributed by atoms with E-state index in [4.69, 9.17) is 4.74 Å². The Labute approximate surface area is 105 Å². The molecule has 2 bridgehead atoms. The molecule has 3 saturated heterocycles. The molecule has 0 N–H and O–H groups in total. The summed E-state index contributed by atoms with van der Waals surface area (Å²) < 4.78 is 5.95. The molecular weight excluding hydrogens is 210 g/mol. The predicted octanol–water partition coefficient (Wildman–Crippen LogP) is 3.13. The molecule has 0 aromatic rings. The second-order valence-corrected chi connectivity index (χ2v) is 5.36. The molecule has 3 rings (SSSR count). The minimum absolute atomic E-state index is 0.362. The topological polar surface area (TPSA) is 12.5 Å². The Morgan fingerprint density at radius 1 is 1.29 bits per heavy atom. The van der Waals surface area contributed by atoms with E-state index >= 15 is 0 Å². The van der Waals surface area contributed by atoms with Crippen LogP contribution in [0.3, 0.4) is 0 Å². The molecular formula is C15H23NO. The van der Waals surface area contributed by atoms with Gasteiger partial charge in [-0.2, -0.15) is 0 Å². The minimum atomic E-state index is 0.362. The normalized spacial score (nSPS) is 31.5. The highest BCUT2D eigenvalue weighted by atomic mass is 16.5. The molecule has 3 fully saturated rings. The Hall–Kier alpha value is -1.02. The molecule has 3 aliphatic heterocycles. The van der Waals surface area contributed by atoms with Crippen molar-refractivity contribution in [3.8, 4) is 0 Å². The third-order valence-electron chi connectivity index (χ3n) is 3.61. The lowest BCUT2D eigenvalue weighted by atomic mass is 9.86. The Morgan fingerprint density at radius 2 is 2.00 bits per heavy atom. The molecule has 2 nitrogen and oxygen atoms in total. The van der Waals surface area contributed by atoms with E-state index < -0.39 is 0 Å². The van der Waals surface area contributed by atoms with Crippen molar-refractivity contribution in [1.82, 2.24) is 4.90 Å². The quantitative estimate of drug-likeness (QED) is 0.546. The van der Waals surface area contributed by atoms with Crippen LogP contribution in [0.15, 0.2) is 36.1 Å². The first-order valence-corrected chi connectivity index (χ1v) is 6.54. The number of hydrogen-bond acceptors (Lipinski definition) is 2. The van der Waals surface area contributed by atoms with Crippen molar-refractivity contribution in [2.75, 3.05) is 19.6 Å². The monoisotopic (exact) mass is 233 g/mol. The van der Waals surface area contributed by atoms with E-state index in [1.807, 2.05) is 12.2 Å². The number of allylic oxidation sites excluding steroid dienone is 4. The fourth-order valence-corrected chi connectivity index (χ4v) is 2.63. The number of hydrogen-bond donors (Lipinski definition) is 0. The van der Waals surface area contributed by atoms with Gasteiger partial charge in [0.1, 0.15) is 11.9 Å². The maximum absolute atomic E-state index is 5.95. The summed E-state index contributed by atoms with van der Waals surface area (Å²) in [7, 11) is 0. The van der Waals surface area contributed by atoms with Crippen LogP contribution in [-0.4, -0.2) is 30.6 Å². The average molecular weight is 233 g/mol. The van der Waals surface area contributed by atoms with Crippen LogP contribution >= 0.6 is 0 Å². The summed E-state index contributed by atoms with van der Waals surface area (Å²) in [5.74, 6) is 1.54. The first-order valence-electron chi connectivity index (χ1n) is 6.54. The van der Waals surface area contributed by atoms with Gasteiger partial charge in [0.15, 0.2) is 0 Å². The highest BCUT2D eigenvalue weighted by Crippen LogP contribution is 2.30. The van der Waals surface area contributed by atoms with Gasteiger partial charge < -0.3 is 4.74 Å². The van der Waals surface area contributed by atoms with Crippen LogP contribution in [0.1, 0.15) is 26.7 Å². The molecule has 0 amide bonds. The maximum atomic E-state index is 5.95. The second-order valence-electron chi connectivity index (χ2n) is 5.36. The van der Waals surface area contributed by atoms with Gasteiger partial charge >= 0.3 is 0 Å². The lowest BCUT2D eigenvalue weighted by molar-refractivity contribution is -0.0379. The van der Waals surface area contributed by atoms with Crippen LogP contribution in [-0.2, 0) is 4.74 Å². The summed E-state index contributed by atoms with van der Waals surface area (Å²) in [5.41, 5.74) is 1.29. The third-order valence-corrected chi connectivity index (χ3v) is 3.61. The van der Waals surface area contributed by atoms with Crippen molar-refractivity contribution in [2.24, 2.45) is 5.92 Å².